The molecule has 0 aliphatic rings. The molecule has 54 valence electrons. The first-order valence-electron chi connectivity index (χ1n) is 3.02. The normalized spacial score (nSPS) is 6.60. The van der Waals surface area contributed by atoms with Crippen LogP contribution >= 0.6 is 0 Å². The van der Waals surface area contributed by atoms with Gasteiger partial charge in [0.2, 0.25) is 0 Å². The Balaban J connectivity index is -0.0000000489. The topological polar surface area (TPSA) is 20.2 Å². The molecule has 0 heterocycles. The van der Waals surface area contributed by atoms with Crippen molar-refractivity contribution in [1.29, 1.82) is 0 Å². The zero-order chi connectivity index (χ0) is 6.95. The van der Waals surface area contributed by atoms with E-state index < -0.39 is 0 Å². The molecule has 0 spiro atoms. The molecule has 0 amide bonds. The molecule has 1 nitrogen and oxygen atoms in total. The van der Waals surface area contributed by atoms with Crippen LogP contribution in [0.25, 0.3) is 0 Å². The second-order valence-corrected chi connectivity index (χ2v) is 1.47. The van der Waals surface area contributed by atoms with E-state index in [-0.39, 0.29) is 32.5 Å². The average molecular weight is 151 g/mol. The van der Waals surface area contributed by atoms with Crippen molar-refractivity contribution in [2.75, 3.05) is 6.61 Å². The summed E-state index contributed by atoms with van der Waals surface area (Å²) in [4.78, 5) is 0. The summed E-state index contributed by atoms with van der Waals surface area (Å²) in [6.07, 6.45) is 0. The molecule has 1 aromatic rings. The van der Waals surface area contributed by atoms with Crippen molar-refractivity contribution in [3.63, 3.8) is 0 Å². The molecule has 10 heavy (non-hydrogen) atoms. The third-order valence-electron chi connectivity index (χ3n) is 0.667. The molecule has 0 atom stereocenters. The fourth-order valence-corrected chi connectivity index (χ4v) is 0.385. The zero-order valence-electron chi connectivity index (χ0n) is 8.33. The first kappa shape index (κ1) is 12.6. The molecule has 0 radical (unpaired) electrons. The van der Waals surface area contributed by atoms with Crippen molar-refractivity contribution in [2.45, 2.75) is 6.92 Å². The summed E-state index contributed by atoms with van der Waals surface area (Å²) in [6, 6.07) is 12.0. The monoisotopic (exact) mass is 150 g/mol. The minimum Gasteiger partial charge on any atom is -1.00 e. The Morgan fingerprint density at radius 2 is 1.10 bits per heavy atom. The van der Waals surface area contributed by atoms with Gasteiger partial charge in [-0.2, -0.15) is 0 Å². The van der Waals surface area contributed by atoms with Crippen molar-refractivity contribution in [1.82, 2.24) is 0 Å². The summed E-state index contributed by atoms with van der Waals surface area (Å²) in [5.41, 5.74) is 0. The fraction of sp³-hybridized carbons (Fsp3) is 0.250. The Kier molecular flexibility index (Phi) is 14.8. The predicted molar refractivity (Wildman–Crippen MR) is 47.2 cm³/mol. The maximum absolute atomic E-state index is 7.57. The zero-order valence-corrected chi connectivity index (χ0v) is 7.74. The molecule has 1 rings (SSSR count). The first-order valence-corrected chi connectivity index (χ1v) is 3.02. The summed E-state index contributed by atoms with van der Waals surface area (Å²) in [5.74, 6) is 0. The summed E-state index contributed by atoms with van der Waals surface area (Å²) >= 11 is 0. The van der Waals surface area contributed by atoms with Gasteiger partial charge < -0.3 is 7.96 Å². The van der Waals surface area contributed by atoms with Crippen LogP contribution in [0.15, 0.2) is 36.4 Å². The van der Waals surface area contributed by atoms with Gasteiger partial charge in [0.15, 0.2) is 0 Å². The minimum absolute atomic E-state index is 0. The van der Waals surface area contributed by atoms with E-state index >= 15 is 0 Å². The Morgan fingerprint density at radius 3 is 1.20 bits per heavy atom. The molecule has 0 fully saturated rings. The van der Waals surface area contributed by atoms with Gasteiger partial charge in [-0.15, -0.1) is 0 Å². The molecule has 0 unspecified atom stereocenters. The average Bonchev–Trinajstić information content (AvgIpc) is 1.93. The van der Waals surface area contributed by atoms with Crippen molar-refractivity contribution in [2.24, 2.45) is 0 Å². The van der Waals surface area contributed by atoms with Crippen LogP contribution in [0.2, 0.25) is 0 Å². The third kappa shape index (κ3) is 10.8. The number of aliphatic hydroxyl groups excluding tert-OH is 1. The van der Waals surface area contributed by atoms with E-state index in [0.29, 0.717) is 0 Å². The van der Waals surface area contributed by atoms with Gasteiger partial charge in [-0.25, -0.2) is 0 Å². The van der Waals surface area contributed by atoms with E-state index in [1.807, 2.05) is 36.4 Å². The first-order chi connectivity index (χ1) is 4.41. The number of hydrogen-bond acceptors (Lipinski definition) is 1. The van der Waals surface area contributed by atoms with Crippen molar-refractivity contribution in [3.05, 3.63) is 36.4 Å². The molecule has 1 aromatic carbocycles. The van der Waals surface area contributed by atoms with Crippen LogP contribution in [0.5, 0.6) is 0 Å². The van der Waals surface area contributed by atoms with Gasteiger partial charge in [0.05, 0.1) is 0 Å². The minimum atomic E-state index is 0. The molecule has 0 aromatic heterocycles. The van der Waals surface area contributed by atoms with Crippen molar-refractivity contribution >= 4 is 23.1 Å². The van der Waals surface area contributed by atoms with E-state index in [1.165, 1.54) is 0 Å². The van der Waals surface area contributed by atoms with Crippen LogP contribution in [-0.2, 0) is 0 Å². The molecule has 0 saturated carbocycles. The van der Waals surface area contributed by atoms with Crippen molar-refractivity contribution in [3.8, 4) is 0 Å². The maximum Gasteiger partial charge on any atom is 2.00 e. The van der Waals surface area contributed by atoms with E-state index in [2.05, 4.69) is 0 Å². The molecule has 1 N–H and O–H groups in total. The van der Waals surface area contributed by atoms with Crippen LogP contribution < -0.4 is 0 Å². The van der Waals surface area contributed by atoms with Gasteiger partial charge >= 0.3 is 23.1 Å². The van der Waals surface area contributed by atoms with Gasteiger partial charge in [0.25, 0.3) is 0 Å². The smallest absolute Gasteiger partial charge is 1.00 e. The Bertz CT molecular complexity index is 99.9. The van der Waals surface area contributed by atoms with Crippen LogP contribution in [-0.4, -0.2) is 34.8 Å². The van der Waals surface area contributed by atoms with Gasteiger partial charge in [-0.1, -0.05) is 36.4 Å². The molecule has 0 aliphatic carbocycles. The van der Waals surface area contributed by atoms with Gasteiger partial charge in [0.1, 0.15) is 0 Å². The second-order valence-electron chi connectivity index (χ2n) is 1.47. The number of benzene rings is 1. The molecule has 0 bridgehead atoms. The van der Waals surface area contributed by atoms with Gasteiger partial charge in [-0.05, 0) is 6.92 Å². The quantitative estimate of drug-likeness (QED) is 0.556. The maximum atomic E-state index is 7.57. The number of aliphatic hydroxyl groups is 1. The molecule has 2 heteroatoms. The van der Waals surface area contributed by atoms with Crippen LogP contribution in [0.1, 0.15) is 9.78 Å². The van der Waals surface area contributed by atoms with E-state index in [4.69, 9.17) is 5.11 Å². The summed E-state index contributed by atoms with van der Waals surface area (Å²) in [5, 5.41) is 7.57. The summed E-state index contributed by atoms with van der Waals surface area (Å²) < 4.78 is 0. The molecule has 0 saturated heterocycles. The third-order valence-corrected chi connectivity index (χ3v) is 0.667. The van der Waals surface area contributed by atoms with Crippen molar-refractivity contribution < 1.29 is 7.96 Å². The predicted octanol–water partition coefficient (Wildman–Crippen LogP) is 1.53. The van der Waals surface area contributed by atoms with Gasteiger partial charge in [0, 0.05) is 6.61 Å². The summed E-state index contributed by atoms with van der Waals surface area (Å²) in [7, 11) is 0. The fourth-order valence-electron chi connectivity index (χ4n) is 0.385. The molecule has 0 aliphatic heterocycles. The Hall–Kier alpha value is -0.0538. The summed E-state index contributed by atoms with van der Waals surface area (Å²) in [6.45, 7) is 1.93. The van der Waals surface area contributed by atoms with Crippen LogP contribution in [0.4, 0.5) is 0 Å². The van der Waals surface area contributed by atoms with E-state index in [1.54, 1.807) is 6.92 Å². The Morgan fingerprint density at radius 1 is 1.00 bits per heavy atom. The van der Waals surface area contributed by atoms with Gasteiger partial charge in [-0.3, -0.25) is 0 Å². The number of rotatable bonds is 0. The number of hydrogen-bond donors (Lipinski definition) is 1. The molecular formula is C8H14MgO. The largest absolute Gasteiger partial charge is 2.00 e. The van der Waals surface area contributed by atoms with Crippen LogP contribution in [0, 0.1) is 0 Å². The SMILES string of the molecule is CCO.[H-].[H-].[Mg+2].c1ccccc1. The van der Waals surface area contributed by atoms with Crippen LogP contribution in [0.3, 0.4) is 0 Å². The standard InChI is InChI=1S/C6H6.C2H6O.Mg.2H/c1-2-4-6-5-3-1;1-2-3;;;/h1-6H;3H,2H2,1H3;;;/q;;+2;2*-1. The van der Waals surface area contributed by atoms with E-state index in [0.717, 1.165) is 0 Å². The van der Waals surface area contributed by atoms with E-state index in [9.17, 15) is 0 Å². The molecular weight excluding hydrogens is 136 g/mol. The Labute approximate surface area is 81.2 Å². The second kappa shape index (κ2) is 11.7.